The molecular formula is C12H18ClNS. The molecule has 0 radical (unpaired) electrons. The smallest absolute Gasteiger partial charge is 0.0562 e. The van der Waals surface area contributed by atoms with Crippen molar-refractivity contribution < 1.29 is 0 Å². The van der Waals surface area contributed by atoms with Crippen molar-refractivity contribution in [1.82, 2.24) is 0 Å². The Morgan fingerprint density at radius 3 is 2.80 bits per heavy atom. The van der Waals surface area contributed by atoms with Gasteiger partial charge in [0.2, 0.25) is 0 Å². The maximum atomic E-state index is 6.09. The first-order valence-corrected chi connectivity index (χ1v) is 6.68. The van der Waals surface area contributed by atoms with E-state index >= 15 is 0 Å². The van der Waals surface area contributed by atoms with Gasteiger partial charge in [0.25, 0.3) is 0 Å². The maximum absolute atomic E-state index is 6.09. The van der Waals surface area contributed by atoms with Gasteiger partial charge in [0.05, 0.1) is 5.02 Å². The molecule has 0 aliphatic rings. The van der Waals surface area contributed by atoms with Gasteiger partial charge in [-0.1, -0.05) is 44.4 Å². The zero-order chi connectivity index (χ0) is 11.3. The van der Waals surface area contributed by atoms with Crippen molar-refractivity contribution in [3.63, 3.8) is 0 Å². The highest BCUT2D eigenvalue weighted by atomic mass is 35.5. The Kier molecular flexibility index (Phi) is 5.34. The number of nitrogen functional groups attached to an aromatic ring is 1. The standard InChI is InChI=1S/C12H18ClNS/c1-3-5-9(2)8-15-12-10(13)6-4-7-11(12)14/h4,6-7,9H,3,5,8,14H2,1-2H3. The van der Waals surface area contributed by atoms with Gasteiger partial charge >= 0.3 is 0 Å². The Labute approximate surface area is 101 Å². The fourth-order valence-electron chi connectivity index (χ4n) is 1.48. The highest BCUT2D eigenvalue weighted by molar-refractivity contribution is 7.99. The summed E-state index contributed by atoms with van der Waals surface area (Å²) in [6, 6.07) is 5.68. The van der Waals surface area contributed by atoms with Gasteiger partial charge < -0.3 is 5.73 Å². The monoisotopic (exact) mass is 243 g/mol. The average molecular weight is 244 g/mol. The molecule has 1 unspecified atom stereocenters. The second-order valence-corrected chi connectivity index (χ2v) is 5.30. The van der Waals surface area contributed by atoms with Crippen LogP contribution in [0, 0.1) is 5.92 Å². The van der Waals surface area contributed by atoms with E-state index in [1.54, 1.807) is 11.8 Å². The average Bonchev–Trinajstić information content (AvgIpc) is 2.17. The summed E-state index contributed by atoms with van der Waals surface area (Å²) in [5.74, 6) is 1.80. The maximum Gasteiger partial charge on any atom is 0.0562 e. The highest BCUT2D eigenvalue weighted by Crippen LogP contribution is 2.33. The van der Waals surface area contributed by atoms with Gasteiger partial charge in [-0.2, -0.15) is 0 Å². The Hall–Kier alpha value is -0.340. The highest BCUT2D eigenvalue weighted by Gasteiger charge is 2.07. The fourth-order valence-corrected chi connectivity index (χ4v) is 2.88. The number of benzene rings is 1. The number of halogens is 1. The summed E-state index contributed by atoms with van der Waals surface area (Å²) in [7, 11) is 0. The molecule has 0 bridgehead atoms. The van der Waals surface area contributed by atoms with E-state index in [1.165, 1.54) is 12.8 Å². The van der Waals surface area contributed by atoms with Crippen LogP contribution in [0.4, 0.5) is 5.69 Å². The molecule has 0 heterocycles. The summed E-state index contributed by atoms with van der Waals surface area (Å²) in [5, 5.41) is 0.767. The lowest BCUT2D eigenvalue weighted by atomic mass is 10.1. The number of hydrogen-bond donors (Lipinski definition) is 1. The molecule has 0 amide bonds. The van der Waals surface area contributed by atoms with Gasteiger partial charge in [0.15, 0.2) is 0 Å². The fraction of sp³-hybridized carbons (Fsp3) is 0.500. The van der Waals surface area contributed by atoms with Gasteiger partial charge in [-0.25, -0.2) is 0 Å². The molecule has 84 valence electrons. The van der Waals surface area contributed by atoms with E-state index in [1.807, 2.05) is 18.2 Å². The lowest BCUT2D eigenvalue weighted by Crippen LogP contribution is -1.98. The number of thioether (sulfide) groups is 1. The third kappa shape index (κ3) is 3.96. The van der Waals surface area contributed by atoms with Crippen LogP contribution in [-0.2, 0) is 0 Å². The summed E-state index contributed by atoms with van der Waals surface area (Å²) in [6.07, 6.45) is 2.50. The molecule has 0 fully saturated rings. The van der Waals surface area contributed by atoms with Gasteiger partial charge in [-0.15, -0.1) is 11.8 Å². The van der Waals surface area contributed by atoms with Crippen LogP contribution in [0.1, 0.15) is 26.7 Å². The minimum atomic E-state index is 0.718. The lowest BCUT2D eigenvalue weighted by molar-refractivity contribution is 0.585. The molecule has 1 rings (SSSR count). The van der Waals surface area contributed by atoms with Crippen molar-refractivity contribution in [2.45, 2.75) is 31.6 Å². The predicted octanol–water partition coefficient (Wildman–Crippen LogP) is 4.45. The van der Waals surface area contributed by atoms with Gasteiger partial charge in [0, 0.05) is 16.3 Å². The van der Waals surface area contributed by atoms with E-state index < -0.39 is 0 Å². The second kappa shape index (κ2) is 6.29. The zero-order valence-electron chi connectivity index (χ0n) is 9.29. The Balaban J connectivity index is 2.57. The third-order valence-electron chi connectivity index (χ3n) is 2.29. The number of anilines is 1. The molecule has 1 aromatic carbocycles. The van der Waals surface area contributed by atoms with Crippen molar-refractivity contribution in [3.05, 3.63) is 23.2 Å². The van der Waals surface area contributed by atoms with E-state index in [4.69, 9.17) is 17.3 Å². The molecule has 3 heteroatoms. The van der Waals surface area contributed by atoms with Crippen LogP contribution in [0.5, 0.6) is 0 Å². The van der Waals surface area contributed by atoms with Gasteiger partial charge in [-0.3, -0.25) is 0 Å². The molecule has 0 saturated carbocycles. The first-order chi connectivity index (χ1) is 7.15. The molecule has 1 nitrogen and oxygen atoms in total. The Morgan fingerprint density at radius 1 is 1.47 bits per heavy atom. The first kappa shape index (κ1) is 12.7. The van der Waals surface area contributed by atoms with Gasteiger partial charge in [-0.05, 0) is 18.1 Å². The molecular weight excluding hydrogens is 226 g/mol. The van der Waals surface area contributed by atoms with Crippen molar-refractivity contribution in [1.29, 1.82) is 0 Å². The summed E-state index contributed by atoms with van der Waals surface area (Å²) >= 11 is 7.85. The molecule has 1 atom stereocenters. The van der Waals surface area contributed by atoms with Gasteiger partial charge in [0.1, 0.15) is 0 Å². The summed E-state index contributed by atoms with van der Waals surface area (Å²) < 4.78 is 0. The third-order valence-corrected chi connectivity index (χ3v) is 4.20. The van der Waals surface area contributed by atoms with Crippen LogP contribution < -0.4 is 5.73 Å². The minimum absolute atomic E-state index is 0.718. The summed E-state index contributed by atoms with van der Waals surface area (Å²) in [5.41, 5.74) is 6.66. The van der Waals surface area contributed by atoms with Crippen LogP contribution in [0.15, 0.2) is 23.1 Å². The Bertz CT molecular complexity index is 294. The van der Waals surface area contributed by atoms with E-state index in [0.717, 1.165) is 27.3 Å². The molecule has 1 aromatic rings. The van der Waals surface area contributed by atoms with Crippen LogP contribution in [-0.4, -0.2) is 5.75 Å². The van der Waals surface area contributed by atoms with Crippen molar-refractivity contribution >= 4 is 29.1 Å². The number of hydrogen-bond acceptors (Lipinski definition) is 2. The zero-order valence-corrected chi connectivity index (χ0v) is 10.9. The molecule has 0 aliphatic heterocycles. The molecule has 0 saturated heterocycles. The number of nitrogens with two attached hydrogens (primary N) is 1. The second-order valence-electron chi connectivity index (χ2n) is 3.86. The largest absolute Gasteiger partial charge is 0.398 e. The molecule has 0 aromatic heterocycles. The van der Waals surface area contributed by atoms with Crippen LogP contribution in [0.2, 0.25) is 5.02 Å². The quantitative estimate of drug-likeness (QED) is 0.611. The van der Waals surface area contributed by atoms with Crippen LogP contribution in [0.25, 0.3) is 0 Å². The first-order valence-electron chi connectivity index (χ1n) is 5.32. The van der Waals surface area contributed by atoms with E-state index in [9.17, 15) is 0 Å². The van der Waals surface area contributed by atoms with Crippen molar-refractivity contribution in [2.75, 3.05) is 11.5 Å². The SMILES string of the molecule is CCCC(C)CSc1c(N)cccc1Cl. The summed E-state index contributed by atoms with van der Waals surface area (Å²) in [6.45, 7) is 4.48. The van der Waals surface area contributed by atoms with Crippen LogP contribution >= 0.6 is 23.4 Å². The Morgan fingerprint density at radius 2 is 2.20 bits per heavy atom. The minimum Gasteiger partial charge on any atom is -0.398 e. The molecule has 2 N–H and O–H groups in total. The van der Waals surface area contributed by atoms with Crippen molar-refractivity contribution in [3.8, 4) is 0 Å². The molecule has 0 aliphatic carbocycles. The van der Waals surface area contributed by atoms with E-state index in [2.05, 4.69) is 13.8 Å². The van der Waals surface area contributed by atoms with Crippen molar-refractivity contribution in [2.24, 2.45) is 5.92 Å². The van der Waals surface area contributed by atoms with E-state index in [-0.39, 0.29) is 0 Å². The molecule has 0 spiro atoms. The topological polar surface area (TPSA) is 26.0 Å². The molecule has 15 heavy (non-hydrogen) atoms. The number of rotatable bonds is 5. The lowest BCUT2D eigenvalue weighted by Gasteiger charge is -2.11. The predicted molar refractivity (Wildman–Crippen MR) is 70.7 cm³/mol. The van der Waals surface area contributed by atoms with E-state index in [0.29, 0.717) is 0 Å². The van der Waals surface area contributed by atoms with Crippen LogP contribution in [0.3, 0.4) is 0 Å². The normalized spacial score (nSPS) is 12.7. The summed E-state index contributed by atoms with van der Waals surface area (Å²) in [4.78, 5) is 1.03.